The molecule has 2 amide bonds. The minimum Gasteiger partial charge on any atom is -0.361 e. The third kappa shape index (κ3) is 2.20. The lowest BCUT2D eigenvalue weighted by molar-refractivity contribution is -0.136. The van der Waals surface area contributed by atoms with Crippen LogP contribution in [0.5, 0.6) is 0 Å². The summed E-state index contributed by atoms with van der Waals surface area (Å²) in [6.45, 7) is 0. The molecule has 1 aliphatic rings. The number of anilines is 1. The minimum absolute atomic E-state index is 0.190. The number of H-pyrrole nitrogens is 1. The Balaban J connectivity index is 1.70. The fourth-order valence-electron chi connectivity index (χ4n) is 1.80. The van der Waals surface area contributed by atoms with E-state index in [1.165, 1.54) is 0 Å². The summed E-state index contributed by atoms with van der Waals surface area (Å²) in [5.74, 6) is -1.18. The molecule has 0 unspecified atom stereocenters. The van der Waals surface area contributed by atoms with Gasteiger partial charge in [0.2, 0.25) is 0 Å². The molecule has 0 aliphatic heterocycles. The van der Waals surface area contributed by atoms with E-state index in [0.29, 0.717) is 5.69 Å². The zero-order chi connectivity index (χ0) is 12.5. The van der Waals surface area contributed by atoms with E-state index in [4.69, 9.17) is 0 Å². The quantitative estimate of drug-likeness (QED) is 0.697. The second kappa shape index (κ2) is 4.18. The molecule has 0 bridgehead atoms. The molecule has 0 saturated heterocycles. The van der Waals surface area contributed by atoms with Crippen LogP contribution in [0.3, 0.4) is 0 Å². The summed E-state index contributed by atoms with van der Waals surface area (Å²) in [6.07, 6.45) is 3.76. The van der Waals surface area contributed by atoms with Crippen LogP contribution in [-0.2, 0) is 9.59 Å². The van der Waals surface area contributed by atoms with E-state index >= 15 is 0 Å². The van der Waals surface area contributed by atoms with Crippen LogP contribution in [-0.4, -0.2) is 22.8 Å². The average molecular weight is 243 g/mol. The van der Waals surface area contributed by atoms with Crippen LogP contribution in [0.4, 0.5) is 5.69 Å². The number of hydrogen-bond donors (Lipinski definition) is 3. The predicted molar refractivity (Wildman–Crippen MR) is 68.1 cm³/mol. The smallest absolute Gasteiger partial charge is 0.313 e. The van der Waals surface area contributed by atoms with Crippen LogP contribution in [0.2, 0.25) is 0 Å². The molecule has 1 heterocycles. The third-order valence-corrected chi connectivity index (χ3v) is 2.93. The SMILES string of the molecule is O=C(Nc1ccc2[nH]ccc2c1)C(=O)NC1CC1. The van der Waals surface area contributed by atoms with Crippen molar-refractivity contribution in [2.24, 2.45) is 0 Å². The van der Waals surface area contributed by atoms with Gasteiger partial charge in [0.25, 0.3) is 0 Å². The predicted octanol–water partition coefficient (Wildman–Crippen LogP) is 1.39. The standard InChI is InChI=1S/C13H13N3O2/c17-12(15-9-1-2-9)13(18)16-10-3-4-11-8(7-10)5-6-14-11/h3-7,9,14H,1-2H2,(H,15,17)(H,16,18). The summed E-state index contributed by atoms with van der Waals surface area (Å²) in [5.41, 5.74) is 1.62. The Morgan fingerprint density at radius 1 is 1.17 bits per heavy atom. The molecule has 5 nitrogen and oxygen atoms in total. The number of amides is 2. The van der Waals surface area contributed by atoms with E-state index in [1.54, 1.807) is 6.07 Å². The van der Waals surface area contributed by atoms with E-state index in [0.717, 1.165) is 23.7 Å². The second-order valence-corrected chi connectivity index (χ2v) is 4.48. The first-order valence-electron chi connectivity index (χ1n) is 5.91. The summed E-state index contributed by atoms with van der Waals surface area (Å²) in [4.78, 5) is 26.2. The van der Waals surface area contributed by atoms with Gasteiger partial charge in [0.15, 0.2) is 0 Å². The van der Waals surface area contributed by atoms with E-state index < -0.39 is 11.8 Å². The molecule has 0 radical (unpaired) electrons. The first kappa shape index (κ1) is 10.8. The lowest BCUT2D eigenvalue weighted by Crippen LogP contribution is -2.36. The first-order valence-corrected chi connectivity index (χ1v) is 5.91. The van der Waals surface area contributed by atoms with Crippen molar-refractivity contribution in [3.05, 3.63) is 30.5 Å². The summed E-state index contributed by atoms with van der Waals surface area (Å²) in [6, 6.07) is 7.56. The number of hydrogen-bond acceptors (Lipinski definition) is 2. The Hall–Kier alpha value is -2.30. The highest BCUT2D eigenvalue weighted by atomic mass is 16.2. The Morgan fingerprint density at radius 3 is 2.78 bits per heavy atom. The first-order chi connectivity index (χ1) is 8.72. The zero-order valence-electron chi connectivity index (χ0n) is 9.69. The van der Waals surface area contributed by atoms with Crippen molar-refractivity contribution in [3.8, 4) is 0 Å². The summed E-state index contributed by atoms with van der Waals surface area (Å²) in [7, 11) is 0. The lowest BCUT2D eigenvalue weighted by atomic mass is 10.2. The monoisotopic (exact) mass is 243 g/mol. The summed E-state index contributed by atoms with van der Waals surface area (Å²) in [5, 5.41) is 6.24. The van der Waals surface area contributed by atoms with Crippen LogP contribution in [0.25, 0.3) is 10.9 Å². The number of nitrogens with one attached hydrogen (secondary N) is 3. The Labute approximate surface area is 104 Å². The fourth-order valence-corrected chi connectivity index (χ4v) is 1.80. The number of carbonyl (C=O) groups is 2. The van der Waals surface area contributed by atoms with Crippen LogP contribution in [0, 0.1) is 0 Å². The fraction of sp³-hybridized carbons (Fsp3) is 0.231. The van der Waals surface area contributed by atoms with Gasteiger partial charge in [-0.3, -0.25) is 9.59 Å². The summed E-state index contributed by atoms with van der Waals surface area (Å²) >= 11 is 0. The molecule has 0 spiro atoms. The van der Waals surface area contributed by atoms with Crippen molar-refractivity contribution in [2.45, 2.75) is 18.9 Å². The lowest BCUT2D eigenvalue weighted by Gasteiger charge is -2.05. The molecule has 3 N–H and O–H groups in total. The highest BCUT2D eigenvalue weighted by Gasteiger charge is 2.26. The molecule has 1 aromatic carbocycles. The largest absolute Gasteiger partial charge is 0.361 e. The molecule has 5 heteroatoms. The normalized spacial score (nSPS) is 14.4. The molecular weight excluding hydrogens is 230 g/mol. The highest BCUT2D eigenvalue weighted by molar-refractivity contribution is 6.39. The van der Waals surface area contributed by atoms with Gasteiger partial charge in [-0.15, -0.1) is 0 Å². The van der Waals surface area contributed by atoms with Crippen LogP contribution in [0.15, 0.2) is 30.5 Å². The molecule has 1 aromatic heterocycles. The van der Waals surface area contributed by atoms with Gasteiger partial charge in [-0.2, -0.15) is 0 Å². The number of aromatic nitrogens is 1. The van der Waals surface area contributed by atoms with Gasteiger partial charge in [0.1, 0.15) is 0 Å². The van der Waals surface area contributed by atoms with Gasteiger partial charge >= 0.3 is 11.8 Å². The Morgan fingerprint density at radius 2 is 2.00 bits per heavy atom. The van der Waals surface area contributed by atoms with Crippen molar-refractivity contribution in [1.82, 2.24) is 10.3 Å². The maximum Gasteiger partial charge on any atom is 0.313 e. The van der Waals surface area contributed by atoms with Gasteiger partial charge in [-0.1, -0.05) is 0 Å². The number of fused-ring (bicyclic) bond motifs is 1. The van der Waals surface area contributed by atoms with E-state index in [1.807, 2.05) is 24.4 Å². The van der Waals surface area contributed by atoms with Gasteiger partial charge in [-0.05, 0) is 37.1 Å². The van der Waals surface area contributed by atoms with Gasteiger partial charge in [0, 0.05) is 28.8 Å². The molecule has 1 fully saturated rings. The zero-order valence-corrected chi connectivity index (χ0v) is 9.69. The van der Waals surface area contributed by atoms with Crippen molar-refractivity contribution in [1.29, 1.82) is 0 Å². The minimum atomic E-state index is -0.614. The topological polar surface area (TPSA) is 74.0 Å². The van der Waals surface area contributed by atoms with Gasteiger partial charge in [0.05, 0.1) is 0 Å². The molecule has 1 saturated carbocycles. The van der Waals surface area contributed by atoms with Crippen LogP contribution in [0.1, 0.15) is 12.8 Å². The van der Waals surface area contributed by atoms with Crippen molar-refractivity contribution in [2.75, 3.05) is 5.32 Å². The molecule has 3 rings (SSSR count). The Kier molecular flexibility index (Phi) is 2.51. The van der Waals surface area contributed by atoms with Crippen molar-refractivity contribution < 1.29 is 9.59 Å². The second-order valence-electron chi connectivity index (χ2n) is 4.48. The highest BCUT2D eigenvalue weighted by Crippen LogP contribution is 2.19. The average Bonchev–Trinajstić information content (AvgIpc) is 3.05. The van der Waals surface area contributed by atoms with E-state index in [-0.39, 0.29) is 6.04 Å². The molecule has 1 aliphatic carbocycles. The molecule has 92 valence electrons. The molecule has 2 aromatic rings. The Bertz CT molecular complexity index is 613. The number of aromatic amines is 1. The van der Waals surface area contributed by atoms with Crippen LogP contribution >= 0.6 is 0 Å². The van der Waals surface area contributed by atoms with E-state index in [2.05, 4.69) is 15.6 Å². The van der Waals surface area contributed by atoms with Crippen LogP contribution < -0.4 is 10.6 Å². The molecular formula is C13H13N3O2. The maximum atomic E-state index is 11.6. The number of carbonyl (C=O) groups excluding carboxylic acids is 2. The molecule has 0 atom stereocenters. The number of rotatable bonds is 2. The van der Waals surface area contributed by atoms with Gasteiger partial charge in [-0.25, -0.2) is 0 Å². The van der Waals surface area contributed by atoms with Gasteiger partial charge < -0.3 is 15.6 Å². The number of benzene rings is 1. The van der Waals surface area contributed by atoms with Crippen molar-refractivity contribution in [3.63, 3.8) is 0 Å². The maximum absolute atomic E-state index is 11.6. The third-order valence-electron chi connectivity index (χ3n) is 2.93. The summed E-state index contributed by atoms with van der Waals surface area (Å²) < 4.78 is 0. The van der Waals surface area contributed by atoms with E-state index in [9.17, 15) is 9.59 Å². The molecule has 18 heavy (non-hydrogen) atoms. The van der Waals surface area contributed by atoms with Crippen molar-refractivity contribution >= 4 is 28.4 Å².